The summed E-state index contributed by atoms with van der Waals surface area (Å²) in [6, 6.07) is 3.96. The monoisotopic (exact) mass is 317 g/mol. The van der Waals surface area contributed by atoms with Crippen LogP contribution in [0, 0.1) is 10.1 Å². The smallest absolute Gasteiger partial charge is 0.362 e. The van der Waals surface area contributed by atoms with Gasteiger partial charge in [-0.3, -0.25) is 14.9 Å². The van der Waals surface area contributed by atoms with Crippen molar-refractivity contribution in [3.05, 3.63) is 39.9 Å². The van der Waals surface area contributed by atoms with Crippen LogP contribution in [0.3, 0.4) is 0 Å². The molecule has 1 atom stereocenters. The number of hydrogen-bond donors (Lipinski definition) is 1. The van der Waals surface area contributed by atoms with E-state index in [0.717, 1.165) is 24.3 Å². The van der Waals surface area contributed by atoms with Crippen molar-refractivity contribution in [1.82, 2.24) is 5.01 Å². The number of rotatable bonds is 2. The van der Waals surface area contributed by atoms with Gasteiger partial charge in [-0.15, -0.1) is 0 Å². The molecule has 0 unspecified atom stereocenters. The molecule has 1 amide bonds. The van der Waals surface area contributed by atoms with Crippen LogP contribution >= 0.6 is 0 Å². The number of aliphatic hydroxyl groups is 1. The normalized spacial score (nSPS) is 21.7. The van der Waals surface area contributed by atoms with E-state index in [0.29, 0.717) is 0 Å². The molecule has 0 aliphatic carbocycles. The standard InChI is InChI=1S/C12H10F3N3O4/c1-7-6-11(20,12(13,14)15)17(16-7)10(19)8-2-4-9(5-3-8)18(21)22/h2-5,20H,6H2,1H3/t11-/m1/s1. The number of benzene rings is 1. The van der Waals surface area contributed by atoms with Crippen molar-refractivity contribution in [3.8, 4) is 0 Å². The second-order valence-corrected chi connectivity index (χ2v) is 4.75. The van der Waals surface area contributed by atoms with Gasteiger partial charge in [-0.25, -0.2) is 0 Å². The van der Waals surface area contributed by atoms with Crippen molar-refractivity contribution in [2.24, 2.45) is 5.10 Å². The lowest BCUT2D eigenvalue weighted by atomic mass is 10.1. The largest absolute Gasteiger partial charge is 0.438 e. The van der Waals surface area contributed by atoms with Gasteiger partial charge in [-0.1, -0.05) is 0 Å². The van der Waals surface area contributed by atoms with Crippen LogP contribution in [0.15, 0.2) is 29.4 Å². The highest BCUT2D eigenvalue weighted by Gasteiger charge is 2.62. The molecule has 0 saturated heterocycles. The fourth-order valence-corrected chi connectivity index (χ4v) is 2.00. The van der Waals surface area contributed by atoms with E-state index in [9.17, 15) is 33.2 Å². The maximum atomic E-state index is 13.0. The number of carbonyl (C=O) groups excluding carboxylic acids is 1. The summed E-state index contributed by atoms with van der Waals surface area (Å²) < 4.78 is 39.0. The summed E-state index contributed by atoms with van der Waals surface area (Å²) in [7, 11) is 0. The molecule has 7 nitrogen and oxygen atoms in total. The van der Waals surface area contributed by atoms with Crippen molar-refractivity contribution in [1.29, 1.82) is 0 Å². The molecule has 1 heterocycles. The van der Waals surface area contributed by atoms with Crippen LogP contribution in [0.1, 0.15) is 23.7 Å². The Kier molecular flexibility index (Phi) is 3.65. The number of nitro benzene ring substituents is 1. The molecule has 2 rings (SSSR count). The molecular formula is C12H10F3N3O4. The third kappa shape index (κ3) is 2.52. The molecule has 0 spiro atoms. The minimum Gasteiger partial charge on any atom is -0.362 e. The van der Waals surface area contributed by atoms with Gasteiger partial charge in [-0.05, 0) is 19.1 Å². The molecule has 22 heavy (non-hydrogen) atoms. The topological polar surface area (TPSA) is 96.0 Å². The molecule has 1 aliphatic heterocycles. The Morgan fingerprint density at radius 1 is 1.41 bits per heavy atom. The Bertz CT molecular complexity index is 657. The molecular weight excluding hydrogens is 307 g/mol. The second-order valence-electron chi connectivity index (χ2n) is 4.75. The maximum Gasteiger partial charge on any atom is 0.438 e. The van der Waals surface area contributed by atoms with Crippen molar-refractivity contribution in [2.75, 3.05) is 0 Å². The Hall–Kier alpha value is -2.49. The first-order chi connectivity index (χ1) is 10.1. The average Bonchev–Trinajstić information content (AvgIpc) is 2.74. The Morgan fingerprint density at radius 2 is 1.95 bits per heavy atom. The first kappa shape index (κ1) is 15.9. The molecule has 0 saturated carbocycles. The third-order valence-electron chi connectivity index (χ3n) is 3.09. The van der Waals surface area contributed by atoms with Crippen LogP contribution in [-0.2, 0) is 0 Å². The van der Waals surface area contributed by atoms with Crippen LogP contribution < -0.4 is 0 Å². The number of amides is 1. The number of alkyl halides is 3. The molecule has 0 aromatic heterocycles. The number of nitro groups is 1. The van der Waals surface area contributed by atoms with Gasteiger partial charge < -0.3 is 5.11 Å². The molecule has 1 aromatic rings. The highest BCUT2D eigenvalue weighted by molar-refractivity contribution is 5.98. The third-order valence-corrected chi connectivity index (χ3v) is 3.09. The van der Waals surface area contributed by atoms with Gasteiger partial charge in [0.05, 0.1) is 4.92 Å². The number of nitrogens with zero attached hydrogens (tertiary/aromatic N) is 3. The minimum absolute atomic E-state index is 0.0382. The van der Waals surface area contributed by atoms with Crippen molar-refractivity contribution >= 4 is 17.3 Å². The predicted molar refractivity (Wildman–Crippen MR) is 68.0 cm³/mol. The zero-order chi connectivity index (χ0) is 16.7. The summed E-state index contributed by atoms with van der Waals surface area (Å²) in [4.78, 5) is 21.9. The summed E-state index contributed by atoms with van der Waals surface area (Å²) in [5, 5.41) is 23.7. The zero-order valence-corrected chi connectivity index (χ0v) is 11.2. The molecule has 0 radical (unpaired) electrons. The van der Waals surface area contributed by atoms with E-state index in [2.05, 4.69) is 5.10 Å². The van der Waals surface area contributed by atoms with Gasteiger partial charge in [0.1, 0.15) is 0 Å². The Labute approximate surface area is 121 Å². The summed E-state index contributed by atoms with van der Waals surface area (Å²) >= 11 is 0. The van der Waals surface area contributed by atoms with Crippen LogP contribution in [0.2, 0.25) is 0 Å². The first-order valence-corrected chi connectivity index (χ1v) is 5.98. The predicted octanol–water partition coefficient (Wildman–Crippen LogP) is 2.07. The molecule has 0 fully saturated rings. The van der Waals surface area contributed by atoms with E-state index in [1.165, 1.54) is 6.92 Å². The lowest BCUT2D eigenvalue weighted by Crippen LogP contribution is -2.56. The van der Waals surface area contributed by atoms with E-state index >= 15 is 0 Å². The van der Waals surface area contributed by atoms with E-state index in [-0.39, 0.29) is 22.0 Å². The van der Waals surface area contributed by atoms with Gasteiger partial charge >= 0.3 is 6.18 Å². The highest BCUT2D eigenvalue weighted by atomic mass is 19.4. The van der Waals surface area contributed by atoms with Gasteiger partial charge in [-0.2, -0.15) is 23.3 Å². The van der Waals surface area contributed by atoms with E-state index < -0.39 is 29.2 Å². The van der Waals surface area contributed by atoms with Crippen LogP contribution in [0.25, 0.3) is 0 Å². The fourth-order valence-electron chi connectivity index (χ4n) is 2.00. The summed E-state index contributed by atoms with van der Waals surface area (Å²) in [6.07, 6.45) is -5.94. The number of hydrogen-bond acceptors (Lipinski definition) is 5. The number of hydrazone groups is 1. The van der Waals surface area contributed by atoms with Crippen molar-refractivity contribution < 1.29 is 28.0 Å². The average molecular weight is 317 g/mol. The van der Waals surface area contributed by atoms with Gasteiger partial charge in [0.2, 0.25) is 0 Å². The number of carbonyl (C=O) groups is 1. The molecule has 0 bridgehead atoms. The molecule has 118 valence electrons. The van der Waals surface area contributed by atoms with Gasteiger partial charge in [0.15, 0.2) is 0 Å². The highest BCUT2D eigenvalue weighted by Crippen LogP contribution is 2.40. The van der Waals surface area contributed by atoms with Gasteiger partial charge in [0, 0.05) is 29.8 Å². The maximum absolute atomic E-state index is 13.0. The SMILES string of the molecule is CC1=NN(C(=O)c2ccc([N+](=O)[O-])cc2)[C@](O)(C(F)(F)F)C1. The van der Waals surface area contributed by atoms with E-state index in [1.807, 2.05) is 0 Å². The van der Waals surface area contributed by atoms with Crippen LogP contribution in [-0.4, -0.2) is 38.6 Å². The zero-order valence-electron chi connectivity index (χ0n) is 11.2. The first-order valence-electron chi connectivity index (χ1n) is 5.98. The van der Waals surface area contributed by atoms with E-state index in [4.69, 9.17) is 0 Å². The molecule has 1 N–H and O–H groups in total. The fraction of sp³-hybridized carbons (Fsp3) is 0.333. The van der Waals surface area contributed by atoms with Crippen LogP contribution in [0.4, 0.5) is 18.9 Å². The van der Waals surface area contributed by atoms with Crippen molar-refractivity contribution in [2.45, 2.75) is 25.2 Å². The van der Waals surface area contributed by atoms with E-state index in [1.54, 1.807) is 0 Å². The number of non-ortho nitro benzene ring substituents is 1. The minimum atomic E-state index is -5.09. The molecule has 10 heteroatoms. The Balaban J connectivity index is 2.36. The summed E-state index contributed by atoms with van der Waals surface area (Å²) in [5.74, 6) is -1.20. The van der Waals surface area contributed by atoms with Crippen LogP contribution in [0.5, 0.6) is 0 Å². The summed E-state index contributed by atoms with van der Waals surface area (Å²) in [5.41, 5.74) is -4.05. The lowest BCUT2D eigenvalue weighted by Gasteiger charge is -2.32. The Morgan fingerprint density at radius 3 is 2.41 bits per heavy atom. The lowest BCUT2D eigenvalue weighted by molar-refractivity contribution is -0.384. The second kappa shape index (κ2) is 5.05. The number of halogens is 3. The molecule has 1 aromatic carbocycles. The molecule has 1 aliphatic rings. The quantitative estimate of drug-likeness (QED) is 0.667. The van der Waals surface area contributed by atoms with Gasteiger partial charge in [0.25, 0.3) is 17.3 Å². The summed E-state index contributed by atoms with van der Waals surface area (Å²) in [6.45, 7) is 1.25. The van der Waals surface area contributed by atoms with Crippen molar-refractivity contribution in [3.63, 3.8) is 0 Å².